The van der Waals surface area contributed by atoms with Crippen LogP contribution in [0.1, 0.15) is 53.6 Å². The van der Waals surface area contributed by atoms with Gasteiger partial charge in [0.2, 0.25) is 0 Å². The molecule has 0 fully saturated rings. The van der Waals surface area contributed by atoms with Crippen molar-refractivity contribution in [1.29, 1.82) is 0 Å². The molecule has 0 aromatic carbocycles. The van der Waals surface area contributed by atoms with E-state index in [-0.39, 0.29) is 12.1 Å². The third kappa shape index (κ3) is 3.06. The fourth-order valence-corrected chi connectivity index (χ4v) is 2.27. The minimum Gasteiger partial charge on any atom is -0.325 e. The quantitative estimate of drug-likeness (QED) is 0.829. The van der Waals surface area contributed by atoms with Crippen LogP contribution < -0.4 is 22.4 Å². The van der Waals surface area contributed by atoms with E-state index >= 15 is 0 Å². The van der Waals surface area contributed by atoms with E-state index in [2.05, 4.69) is 49.0 Å². The van der Waals surface area contributed by atoms with Crippen molar-refractivity contribution >= 4 is 12.2 Å². The molecular formula is C14H28N4. The molecule has 0 saturated carbocycles. The van der Waals surface area contributed by atoms with Crippen LogP contribution in [0.15, 0.2) is 0 Å². The van der Waals surface area contributed by atoms with Gasteiger partial charge in [-0.3, -0.25) is 0 Å². The highest BCUT2D eigenvalue weighted by molar-refractivity contribution is 5.30. The summed E-state index contributed by atoms with van der Waals surface area (Å²) in [5.74, 6) is 0. The summed E-state index contributed by atoms with van der Waals surface area (Å²) < 4.78 is 4.60. The van der Waals surface area contributed by atoms with Gasteiger partial charge < -0.3 is 20.6 Å². The van der Waals surface area contributed by atoms with Gasteiger partial charge in [0, 0.05) is 24.2 Å². The lowest BCUT2D eigenvalue weighted by molar-refractivity contribution is 0.382. The molecule has 1 aromatic rings. The summed E-state index contributed by atoms with van der Waals surface area (Å²) in [5, 5.41) is 0. The number of hydrogen-bond acceptors (Lipinski definition) is 2. The topological polar surface area (TPSA) is 61.9 Å². The van der Waals surface area contributed by atoms with Crippen molar-refractivity contribution in [3.63, 3.8) is 0 Å². The maximum atomic E-state index is 5.90. The number of nitrogens with zero attached hydrogens (tertiary/aromatic N) is 2. The first-order chi connectivity index (χ1) is 8.25. The molecule has 2 unspecified atom stereocenters. The van der Waals surface area contributed by atoms with Crippen molar-refractivity contribution in [3.05, 3.63) is 11.0 Å². The van der Waals surface area contributed by atoms with E-state index in [4.69, 9.17) is 11.5 Å². The molecule has 4 N–H and O–H groups in total. The molecule has 0 bridgehead atoms. The van der Waals surface area contributed by atoms with Crippen LogP contribution in [-0.4, -0.2) is 21.2 Å². The zero-order valence-corrected chi connectivity index (χ0v) is 12.5. The highest BCUT2D eigenvalue weighted by atomic mass is 15.3. The Bertz CT molecular complexity index is 420. The number of nitrogens with two attached hydrogens (primary N) is 2. The third-order valence-electron chi connectivity index (χ3n) is 2.84. The van der Waals surface area contributed by atoms with Gasteiger partial charge in [-0.15, -0.1) is 0 Å². The Hall–Kier alpha value is -1.00. The lowest BCUT2D eigenvalue weighted by Crippen LogP contribution is -2.58. The van der Waals surface area contributed by atoms with E-state index in [9.17, 15) is 0 Å². The molecular weight excluding hydrogens is 224 g/mol. The monoisotopic (exact) mass is 252 g/mol. The standard InChI is InChI=1S/C14H28N4/c1-9(2)17-13(7-11(5)15)18(10(3)4)14(17)8-12(6)16/h7-12H,15-16H2,1-6H3. The zero-order valence-electron chi connectivity index (χ0n) is 12.5. The van der Waals surface area contributed by atoms with E-state index in [1.54, 1.807) is 0 Å². The van der Waals surface area contributed by atoms with Crippen molar-refractivity contribution in [2.24, 2.45) is 11.5 Å². The first-order valence-corrected chi connectivity index (χ1v) is 6.79. The van der Waals surface area contributed by atoms with Gasteiger partial charge in [0.1, 0.15) is 11.0 Å². The van der Waals surface area contributed by atoms with E-state index in [1.165, 1.54) is 11.0 Å². The summed E-state index contributed by atoms with van der Waals surface area (Å²) in [6.45, 7) is 12.7. The number of hydrogen-bond donors (Lipinski definition) is 2. The summed E-state index contributed by atoms with van der Waals surface area (Å²) in [7, 11) is 0. The second-order valence-electron chi connectivity index (χ2n) is 5.70. The highest BCUT2D eigenvalue weighted by Gasteiger charge is 2.15. The molecule has 0 aliphatic rings. The van der Waals surface area contributed by atoms with E-state index in [0.29, 0.717) is 12.1 Å². The van der Waals surface area contributed by atoms with Gasteiger partial charge in [-0.2, -0.15) is 0 Å². The Balaban J connectivity index is 3.53. The minimum atomic E-state index is 0.0550. The maximum absolute atomic E-state index is 5.90. The lowest BCUT2D eigenvalue weighted by Gasteiger charge is -2.29. The predicted molar refractivity (Wildman–Crippen MR) is 78.7 cm³/mol. The summed E-state index contributed by atoms with van der Waals surface area (Å²) >= 11 is 0. The Morgan fingerprint density at radius 3 is 1.17 bits per heavy atom. The molecule has 0 aliphatic heterocycles. The molecule has 1 aromatic heterocycles. The molecule has 104 valence electrons. The van der Waals surface area contributed by atoms with Gasteiger partial charge in [0.15, 0.2) is 0 Å². The van der Waals surface area contributed by atoms with Crippen LogP contribution in [0.25, 0.3) is 12.2 Å². The molecule has 0 saturated heterocycles. The average Bonchev–Trinajstić information content (AvgIpc) is 2.12. The Morgan fingerprint density at radius 1 is 0.722 bits per heavy atom. The van der Waals surface area contributed by atoms with Crippen LogP contribution in [0.3, 0.4) is 0 Å². The second-order valence-corrected chi connectivity index (χ2v) is 5.70. The molecule has 4 nitrogen and oxygen atoms in total. The van der Waals surface area contributed by atoms with Crippen LogP contribution in [-0.2, 0) is 0 Å². The molecule has 1 heterocycles. The second kappa shape index (κ2) is 5.76. The normalized spacial score (nSPS) is 15.2. The molecule has 18 heavy (non-hydrogen) atoms. The first kappa shape index (κ1) is 15.1. The highest BCUT2D eigenvalue weighted by Crippen LogP contribution is 2.03. The molecule has 0 aliphatic carbocycles. The Morgan fingerprint density at radius 2 is 1.00 bits per heavy atom. The molecule has 4 heteroatoms. The summed E-state index contributed by atoms with van der Waals surface area (Å²) in [4.78, 5) is 0. The van der Waals surface area contributed by atoms with Gasteiger partial charge in [0.05, 0.1) is 0 Å². The van der Waals surface area contributed by atoms with Gasteiger partial charge in [0.25, 0.3) is 0 Å². The van der Waals surface area contributed by atoms with Crippen LogP contribution >= 0.6 is 0 Å². The van der Waals surface area contributed by atoms with Crippen molar-refractivity contribution in [1.82, 2.24) is 9.13 Å². The average molecular weight is 252 g/mol. The number of rotatable bonds is 4. The van der Waals surface area contributed by atoms with Crippen LogP contribution in [0.4, 0.5) is 0 Å². The Kier molecular flexibility index (Phi) is 4.82. The lowest BCUT2D eigenvalue weighted by atomic mass is 10.2. The fourth-order valence-electron chi connectivity index (χ4n) is 2.27. The SMILES string of the molecule is CC(N)C=c1n(C(C)C)c(=CC(C)N)n1C(C)C. The van der Waals surface area contributed by atoms with E-state index < -0.39 is 0 Å². The molecule has 0 spiro atoms. The van der Waals surface area contributed by atoms with E-state index in [1.807, 2.05) is 13.8 Å². The third-order valence-corrected chi connectivity index (χ3v) is 2.84. The smallest absolute Gasteiger partial charge is 0.113 e. The number of aromatic nitrogens is 2. The van der Waals surface area contributed by atoms with Crippen molar-refractivity contribution in [2.75, 3.05) is 0 Å². The van der Waals surface area contributed by atoms with Gasteiger partial charge >= 0.3 is 0 Å². The fraction of sp³-hybridized carbons (Fsp3) is 0.714. The zero-order chi connectivity index (χ0) is 14.0. The Labute approximate surface area is 110 Å². The van der Waals surface area contributed by atoms with E-state index in [0.717, 1.165) is 0 Å². The van der Waals surface area contributed by atoms with Crippen LogP contribution in [0, 0.1) is 0 Å². The van der Waals surface area contributed by atoms with Crippen molar-refractivity contribution in [3.8, 4) is 0 Å². The predicted octanol–water partition coefficient (Wildman–Crippen LogP) is 0.707. The largest absolute Gasteiger partial charge is 0.325 e. The first-order valence-electron chi connectivity index (χ1n) is 6.79. The molecule has 0 amide bonds. The maximum Gasteiger partial charge on any atom is 0.113 e. The van der Waals surface area contributed by atoms with Crippen molar-refractivity contribution < 1.29 is 0 Å². The summed E-state index contributed by atoms with van der Waals surface area (Å²) in [6.07, 6.45) is 4.22. The van der Waals surface area contributed by atoms with Gasteiger partial charge in [-0.25, -0.2) is 0 Å². The minimum absolute atomic E-state index is 0.0550. The van der Waals surface area contributed by atoms with Crippen LogP contribution in [0.5, 0.6) is 0 Å². The molecule has 1 rings (SSSR count). The van der Waals surface area contributed by atoms with Crippen molar-refractivity contribution in [2.45, 2.75) is 65.7 Å². The van der Waals surface area contributed by atoms with Crippen LogP contribution in [0.2, 0.25) is 0 Å². The molecule has 2 atom stereocenters. The summed E-state index contributed by atoms with van der Waals surface area (Å²) in [6, 6.07) is 0.934. The van der Waals surface area contributed by atoms with Gasteiger partial charge in [-0.1, -0.05) is 0 Å². The molecule has 0 radical (unpaired) electrons. The summed E-state index contributed by atoms with van der Waals surface area (Å²) in [5.41, 5.74) is 14.2. The van der Waals surface area contributed by atoms with Gasteiger partial charge in [-0.05, 0) is 53.7 Å².